The monoisotopic (exact) mass is 298 g/mol. The van der Waals surface area contributed by atoms with Crippen LogP contribution in [0.4, 0.5) is 11.6 Å². The van der Waals surface area contributed by atoms with Crippen molar-refractivity contribution in [2.45, 2.75) is 25.9 Å². The van der Waals surface area contributed by atoms with Gasteiger partial charge < -0.3 is 15.0 Å². The third-order valence-electron chi connectivity index (χ3n) is 2.71. The summed E-state index contributed by atoms with van der Waals surface area (Å²) in [6.07, 6.45) is 2.00. The van der Waals surface area contributed by atoms with E-state index in [1.54, 1.807) is 18.9 Å². The second-order valence-corrected chi connectivity index (χ2v) is 5.73. The highest BCUT2D eigenvalue weighted by molar-refractivity contribution is 7.98. The van der Waals surface area contributed by atoms with E-state index in [9.17, 15) is 0 Å². The van der Waals surface area contributed by atoms with E-state index in [1.165, 1.54) is 0 Å². The maximum atomic E-state index is 5.20. The average molecular weight is 298 g/mol. The molecule has 1 aromatic rings. The molecule has 0 aliphatic rings. The molecule has 0 bridgehead atoms. The van der Waals surface area contributed by atoms with Crippen molar-refractivity contribution >= 4 is 23.4 Å². The Kier molecular flexibility index (Phi) is 7.69. The zero-order valence-corrected chi connectivity index (χ0v) is 14.0. The average Bonchev–Trinajstić information content (AvgIpc) is 2.43. The Bertz CT molecular complexity index is 401. The molecule has 0 unspecified atom stereocenters. The minimum absolute atomic E-state index is 0.571. The largest absolute Gasteiger partial charge is 0.383 e. The van der Waals surface area contributed by atoms with Crippen molar-refractivity contribution < 1.29 is 4.74 Å². The van der Waals surface area contributed by atoms with E-state index in [4.69, 9.17) is 4.74 Å². The predicted molar refractivity (Wildman–Crippen MR) is 86.9 cm³/mol. The molecule has 0 amide bonds. The number of hydrogen-bond acceptors (Lipinski definition) is 6. The third kappa shape index (κ3) is 5.54. The SMILES string of the molecule is CCNc1cc(N(CCOC)CC(C)C)nc(SC)n1. The summed E-state index contributed by atoms with van der Waals surface area (Å²) < 4.78 is 5.20. The van der Waals surface area contributed by atoms with Crippen molar-refractivity contribution in [1.82, 2.24) is 9.97 Å². The van der Waals surface area contributed by atoms with Crippen LogP contribution in [0, 0.1) is 5.92 Å². The number of thioether (sulfide) groups is 1. The van der Waals surface area contributed by atoms with E-state index >= 15 is 0 Å². The van der Waals surface area contributed by atoms with Gasteiger partial charge in [0.05, 0.1) is 6.61 Å². The van der Waals surface area contributed by atoms with E-state index in [1.807, 2.05) is 12.3 Å². The smallest absolute Gasteiger partial charge is 0.191 e. The fourth-order valence-corrected chi connectivity index (χ4v) is 2.25. The Hall–Kier alpha value is -1.01. The molecule has 0 fully saturated rings. The Morgan fingerprint density at radius 3 is 2.70 bits per heavy atom. The van der Waals surface area contributed by atoms with Crippen LogP contribution in [0.5, 0.6) is 0 Å². The molecule has 0 aliphatic carbocycles. The van der Waals surface area contributed by atoms with Crippen LogP contribution in [0.25, 0.3) is 0 Å². The van der Waals surface area contributed by atoms with Crippen LogP contribution in [0.3, 0.4) is 0 Å². The summed E-state index contributed by atoms with van der Waals surface area (Å²) in [5, 5.41) is 4.06. The number of hydrogen-bond donors (Lipinski definition) is 1. The number of nitrogens with one attached hydrogen (secondary N) is 1. The van der Waals surface area contributed by atoms with Crippen LogP contribution >= 0.6 is 11.8 Å². The van der Waals surface area contributed by atoms with Gasteiger partial charge in [0, 0.05) is 32.8 Å². The minimum Gasteiger partial charge on any atom is -0.383 e. The van der Waals surface area contributed by atoms with Crippen LogP contribution in [0.15, 0.2) is 11.2 Å². The number of ether oxygens (including phenoxy) is 1. The van der Waals surface area contributed by atoms with E-state index in [0.717, 1.165) is 36.4 Å². The molecule has 20 heavy (non-hydrogen) atoms. The molecule has 0 aliphatic heterocycles. The normalized spacial score (nSPS) is 10.9. The first-order valence-electron chi connectivity index (χ1n) is 7.01. The lowest BCUT2D eigenvalue weighted by Crippen LogP contribution is -2.32. The zero-order valence-electron chi connectivity index (χ0n) is 13.1. The first kappa shape index (κ1) is 17.0. The molecule has 114 valence electrons. The van der Waals surface area contributed by atoms with E-state index in [2.05, 4.69) is 41.0 Å². The number of aromatic nitrogens is 2. The summed E-state index contributed by atoms with van der Waals surface area (Å²) in [4.78, 5) is 11.3. The highest BCUT2D eigenvalue weighted by atomic mass is 32.2. The molecule has 1 rings (SSSR count). The van der Waals surface area contributed by atoms with Gasteiger partial charge in [-0.25, -0.2) is 9.97 Å². The third-order valence-corrected chi connectivity index (χ3v) is 3.26. The topological polar surface area (TPSA) is 50.3 Å². The van der Waals surface area contributed by atoms with Crippen LogP contribution < -0.4 is 10.2 Å². The molecule has 6 heteroatoms. The maximum Gasteiger partial charge on any atom is 0.191 e. The second-order valence-electron chi connectivity index (χ2n) is 4.96. The van der Waals surface area contributed by atoms with Crippen molar-refractivity contribution in [2.75, 3.05) is 49.8 Å². The maximum absolute atomic E-state index is 5.20. The van der Waals surface area contributed by atoms with Crippen LogP contribution in [-0.2, 0) is 4.74 Å². The van der Waals surface area contributed by atoms with Gasteiger partial charge in [-0.15, -0.1) is 0 Å². The molecule has 1 aromatic heterocycles. The number of nitrogens with zero attached hydrogens (tertiary/aromatic N) is 3. The van der Waals surface area contributed by atoms with Crippen LogP contribution in [-0.4, -0.2) is 49.6 Å². The van der Waals surface area contributed by atoms with Gasteiger partial charge in [-0.05, 0) is 19.1 Å². The first-order valence-corrected chi connectivity index (χ1v) is 8.24. The highest BCUT2D eigenvalue weighted by Gasteiger charge is 2.13. The molecule has 0 saturated carbocycles. The van der Waals surface area contributed by atoms with E-state index in [-0.39, 0.29) is 0 Å². The molecule has 0 aromatic carbocycles. The van der Waals surface area contributed by atoms with Crippen LogP contribution in [0.2, 0.25) is 0 Å². The quantitative estimate of drug-likeness (QED) is 0.559. The van der Waals surface area contributed by atoms with Gasteiger partial charge >= 0.3 is 0 Å². The molecular weight excluding hydrogens is 272 g/mol. The number of rotatable bonds is 9. The molecule has 0 saturated heterocycles. The molecule has 0 spiro atoms. The van der Waals surface area contributed by atoms with Gasteiger partial charge in [-0.1, -0.05) is 25.6 Å². The van der Waals surface area contributed by atoms with Gasteiger partial charge in [0.25, 0.3) is 0 Å². The van der Waals surface area contributed by atoms with Gasteiger partial charge in [0.2, 0.25) is 0 Å². The standard InChI is InChI=1S/C14H26N4OS/c1-6-15-12-9-13(17-14(16-12)20-5)18(7-8-19-4)10-11(2)3/h9,11H,6-8,10H2,1-5H3,(H,15,16,17). The first-order chi connectivity index (χ1) is 9.60. The van der Waals surface area contributed by atoms with Crippen molar-refractivity contribution in [3.63, 3.8) is 0 Å². The zero-order chi connectivity index (χ0) is 15.0. The fraction of sp³-hybridized carbons (Fsp3) is 0.714. The minimum atomic E-state index is 0.571. The van der Waals surface area contributed by atoms with Gasteiger partial charge in [-0.3, -0.25) is 0 Å². The summed E-state index contributed by atoms with van der Waals surface area (Å²) in [6.45, 7) is 9.83. The predicted octanol–water partition coefficient (Wildman–Crippen LogP) is 2.74. The number of anilines is 2. The summed E-state index contributed by atoms with van der Waals surface area (Å²) >= 11 is 1.56. The van der Waals surface area contributed by atoms with Crippen molar-refractivity contribution in [2.24, 2.45) is 5.92 Å². The molecular formula is C14H26N4OS. The molecule has 1 N–H and O–H groups in total. The molecule has 0 atom stereocenters. The summed E-state index contributed by atoms with van der Waals surface area (Å²) in [7, 11) is 1.73. The Morgan fingerprint density at radius 1 is 1.40 bits per heavy atom. The van der Waals surface area contributed by atoms with Crippen molar-refractivity contribution in [3.05, 3.63) is 6.07 Å². The van der Waals surface area contributed by atoms with Gasteiger partial charge in [-0.2, -0.15) is 0 Å². The Labute approximate surface area is 126 Å². The van der Waals surface area contributed by atoms with Gasteiger partial charge in [0.15, 0.2) is 5.16 Å². The van der Waals surface area contributed by atoms with Crippen LogP contribution in [0.1, 0.15) is 20.8 Å². The van der Waals surface area contributed by atoms with E-state index in [0.29, 0.717) is 12.5 Å². The highest BCUT2D eigenvalue weighted by Crippen LogP contribution is 2.21. The summed E-state index contributed by atoms with van der Waals surface area (Å²) in [5.74, 6) is 2.42. The summed E-state index contributed by atoms with van der Waals surface area (Å²) in [6, 6.07) is 2.02. The van der Waals surface area contributed by atoms with Crippen molar-refractivity contribution in [1.29, 1.82) is 0 Å². The lowest BCUT2D eigenvalue weighted by Gasteiger charge is -2.26. The fourth-order valence-electron chi connectivity index (χ4n) is 1.88. The number of methoxy groups -OCH3 is 1. The lowest BCUT2D eigenvalue weighted by atomic mass is 10.2. The Balaban J connectivity index is 2.99. The molecule has 1 heterocycles. The van der Waals surface area contributed by atoms with E-state index < -0.39 is 0 Å². The second kappa shape index (κ2) is 9.02. The van der Waals surface area contributed by atoms with Crippen molar-refractivity contribution in [3.8, 4) is 0 Å². The summed E-state index contributed by atoms with van der Waals surface area (Å²) in [5.41, 5.74) is 0. The van der Waals surface area contributed by atoms with Gasteiger partial charge in [0.1, 0.15) is 11.6 Å². The lowest BCUT2D eigenvalue weighted by molar-refractivity contribution is 0.204. The Morgan fingerprint density at radius 2 is 2.15 bits per heavy atom. The molecule has 0 radical (unpaired) electrons. The molecule has 5 nitrogen and oxygen atoms in total.